The molecule has 0 bridgehead atoms. The first kappa shape index (κ1) is 11.1. The Morgan fingerprint density at radius 2 is 2.38 bits per heavy atom. The lowest BCUT2D eigenvalue weighted by Gasteiger charge is -1.97. The SMILES string of the molecule is CCC(Br)c1nnc(-c2cc[nH]c(=O)c2)o1. The Morgan fingerprint density at radius 3 is 3.06 bits per heavy atom. The highest BCUT2D eigenvalue weighted by Crippen LogP contribution is 2.26. The minimum absolute atomic E-state index is 0.0516. The van der Waals surface area contributed by atoms with Gasteiger partial charge in [-0.15, -0.1) is 10.2 Å². The Labute approximate surface area is 100 Å². The van der Waals surface area contributed by atoms with Crippen LogP contribution in [0.4, 0.5) is 0 Å². The maximum absolute atomic E-state index is 11.1. The second-order valence-corrected chi connectivity index (χ2v) is 4.37. The molecule has 1 unspecified atom stereocenters. The maximum atomic E-state index is 11.1. The van der Waals surface area contributed by atoms with E-state index in [1.807, 2.05) is 6.92 Å². The monoisotopic (exact) mass is 283 g/mol. The summed E-state index contributed by atoms with van der Waals surface area (Å²) in [5, 5.41) is 7.81. The summed E-state index contributed by atoms with van der Waals surface area (Å²) in [6.45, 7) is 2.01. The summed E-state index contributed by atoms with van der Waals surface area (Å²) in [6.07, 6.45) is 2.41. The smallest absolute Gasteiger partial charge is 0.248 e. The summed E-state index contributed by atoms with van der Waals surface area (Å²) in [7, 11) is 0. The number of H-pyrrole nitrogens is 1. The van der Waals surface area contributed by atoms with Gasteiger partial charge in [0.25, 0.3) is 0 Å². The van der Waals surface area contributed by atoms with Gasteiger partial charge in [0, 0.05) is 17.8 Å². The Morgan fingerprint density at radius 1 is 1.56 bits per heavy atom. The van der Waals surface area contributed by atoms with Crippen LogP contribution >= 0.6 is 15.9 Å². The van der Waals surface area contributed by atoms with E-state index in [9.17, 15) is 4.79 Å². The molecule has 0 aromatic carbocycles. The van der Waals surface area contributed by atoms with E-state index in [2.05, 4.69) is 31.1 Å². The van der Waals surface area contributed by atoms with E-state index in [4.69, 9.17) is 4.42 Å². The van der Waals surface area contributed by atoms with E-state index >= 15 is 0 Å². The molecule has 1 N–H and O–H groups in total. The first-order valence-electron chi connectivity index (χ1n) is 4.87. The molecule has 0 radical (unpaired) electrons. The summed E-state index contributed by atoms with van der Waals surface area (Å²) in [5.74, 6) is 0.886. The molecule has 0 saturated carbocycles. The summed E-state index contributed by atoms with van der Waals surface area (Å²) < 4.78 is 5.46. The summed E-state index contributed by atoms with van der Waals surface area (Å²) in [5.41, 5.74) is 0.432. The summed E-state index contributed by atoms with van der Waals surface area (Å²) in [4.78, 5) is 13.7. The Balaban J connectivity index is 2.35. The van der Waals surface area contributed by atoms with Gasteiger partial charge in [0.05, 0.1) is 4.83 Å². The highest BCUT2D eigenvalue weighted by molar-refractivity contribution is 9.09. The van der Waals surface area contributed by atoms with Crippen molar-refractivity contribution in [3.8, 4) is 11.5 Å². The van der Waals surface area contributed by atoms with Crippen molar-refractivity contribution in [2.45, 2.75) is 18.2 Å². The second kappa shape index (κ2) is 4.61. The predicted molar refractivity (Wildman–Crippen MR) is 62.3 cm³/mol. The van der Waals surface area contributed by atoms with E-state index in [0.29, 0.717) is 17.3 Å². The Bertz CT molecular complexity index is 535. The number of aromatic amines is 1. The number of rotatable bonds is 3. The molecular weight excluding hydrogens is 274 g/mol. The maximum Gasteiger partial charge on any atom is 0.248 e. The number of hydrogen-bond donors (Lipinski definition) is 1. The van der Waals surface area contributed by atoms with Crippen LogP contribution in [0.1, 0.15) is 24.1 Å². The molecule has 0 amide bonds. The number of nitrogens with one attached hydrogen (secondary N) is 1. The summed E-state index contributed by atoms with van der Waals surface area (Å²) >= 11 is 3.42. The third-order valence-corrected chi connectivity index (χ3v) is 3.13. The number of hydrogen-bond acceptors (Lipinski definition) is 4. The molecule has 16 heavy (non-hydrogen) atoms. The van der Waals surface area contributed by atoms with Crippen molar-refractivity contribution < 1.29 is 4.42 Å². The molecule has 84 valence electrons. The normalized spacial score (nSPS) is 12.6. The van der Waals surface area contributed by atoms with Gasteiger partial charge < -0.3 is 9.40 Å². The second-order valence-electron chi connectivity index (χ2n) is 3.26. The fourth-order valence-corrected chi connectivity index (χ4v) is 1.42. The van der Waals surface area contributed by atoms with Crippen LogP contribution in [-0.2, 0) is 0 Å². The van der Waals surface area contributed by atoms with Gasteiger partial charge in [0.15, 0.2) is 0 Å². The Kier molecular flexibility index (Phi) is 3.19. The van der Waals surface area contributed by atoms with Crippen LogP contribution in [0, 0.1) is 0 Å². The van der Waals surface area contributed by atoms with Crippen LogP contribution < -0.4 is 5.56 Å². The van der Waals surface area contributed by atoms with Crippen LogP contribution in [0.15, 0.2) is 27.5 Å². The Hall–Kier alpha value is -1.43. The zero-order valence-corrected chi connectivity index (χ0v) is 10.2. The highest BCUT2D eigenvalue weighted by Gasteiger charge is 2.14. The topological polar surface area (TPSA) is 71.8 Å². The molecule has 0 aliphatic carbocycles. The van der Waals surface area contributed by atoms with Crippen molar-refractivity contribution in [2.75, 3.05) is 0 Å². The highest BCUT2D eigenvalue weighted by atomic mass is 79.9. The van der Waals surface area contributed by atoms with E-state index in [1.165, 1.54) is 6.07 Å². The fourth-order valence-electron chi connectivity index (χ4n) is 1.23. The lowest BCUT2D eigenvalue weighted by molar-refractivity contribution is 0.500. The average molecular weight is 284 g/mol. The number of aromatic nitrogens is 3. The van der Waals surface area contributed by atoms with Gasteiger partial charge in [0.1, 0.15) is 0 Å². The average Bonchev–Trinajstić information content (AvgIpc) is 2.77. The predicted octanol–water partition coefficient (Wildman–Crippen LogP) is 2.27. The molecule has 5 nitrogen and oxygen atoms in total. The summed E-state index contributed by atoms with van der Waals surface area (Å²) in [6, 6.07) is 3.14. The molecule has 2 rings (SSSR count). The quantitative estimate of drug-likeness (QED) is 0.877. The lowest BCUT2D eigenvalue weighted by atomic mass is 10.3. The standard InChI is InChI=1S/C10H10BrN3O2/c1-2-7(11)10-14-13-9(16-10)6-3-4-12-8(15)5-6/h3-5,7H,2H2,1H3,(H,12,15). The third kappa shape index (κ3) is 2.21. The van der Waals surface area contributed by atoms with E-state index in [1.54, 1.807) is 12.3 Å². The largest absolute Gasteiger partial charge is 0.419 e. The van der Waals surface area contributed by atoms with Gasteiger partial charge in [-0.1, -0.05) is 22.9 Å². The first-order chi connectivity index (χ1) is 7.70. The third-order valence-electron chi connectivity index (χ3n) is 2.09. The van der Waals surface area contributed by atoms with Crippen molar-refractivity contribution >= 4 is 15.9 Å². The number of pyridine rings is 1. The number of alkyl halides is 1. The molecule has 0 fully saturated rings. The van der Waals surface area contributed by atoms with Gasteiger partial charge in [-0.25, -0.2) is 0 Å². The molecule has 2 aromatic heterocycles. The van der Waals surface area contributed by atoms with Gasteiger partial charge in [-0.2, -0.15) is 0 Å². The van der Waals surface area contributed by atoms with Crippen molar-refractivity contribution in [2.24, 2.45) is 0 Å². The van der Waals surface area contributed by atoms with Crippen molar-refractivity contribution in [1.29, 1.82) is 0 Å². The van der Waals surface area contributed by atoms with E-state index in [-0.39, 0.29) is 10.4 Å². The molecule has 6 heteroatoms. The van der Waals surface area contributed by atoms with Gasteiger partial charge in [-0.3, -0.25) is 4.79 Å². The van der Waals surface area contributed by atoms with E-state index < -0.39 is 0 Å². The molecule has 0 aliphatic heterocycles. The van der Waals surface area contributed by atoms with Crippen LogP contribution in [0.3, 0.4) is 0 Å². The zero-order valence-electron chi connectivity index (χ0n) is 8.61. The van der Waals surface area contributed by atoms with Crippen LogP contribution in [0.2, 0.25) is 0 Å². The minimum Gasteiger partial charge on any atom is -0.419 e. The molecule has 2 heterocycles. The minimum atomic E-state index is -0.192. The molecule has 1 atom stereocenters. The first-order valence-corrected chi connectivity index (χ1v) is 5.79. The molecule has 2 aromatic rings. The van der Waals surface area contributed by atoms with Gasteiger partial charge >= 0.3 is 0 Å². The van der Waals surface area contributed by atoms with E-state index in [0.717, 1.165) is 6.42 Å². The number of nitrogens with zero attached hydrogens (tertiary/aromatic N) is 2. The fraction of sp³-hybridized carbons (Fsp3) is 0.300. The van der Waals surface area contributed by atoms with Crippen LogP contribution in [-0.4, -0.2) is 15.2 Å². The number of halogens is 1. The lowest BCUT2D eigenvalue weighted by Crippen LogP contribution is -2.01. The zero-order chi connectivity index (χ0) is 11.5. The molecule has 0 saturated heterocycles. The van der Waals surface area contributed by atoms with Crippen molar-refractivity contribution in [3.05, 3.63) is 34.6 Å². The van der Waals surface area contributed by atoms with Crippen LogP contribution in [0.5, 0.6) is 0 Å². The van der Waals surface area contributed by atoms with Crippen molar-refractivity contribution in [1.82, 2.24) is 15.2 Å². The molecule has 0 aliphatic rings. The van der Waals surface area contributed by atoms with Crippen LogP contribution in [0.25, 0.3) is 11.5 Å². The molecule has 0 spiro atoms. The van der Waals surface area contributed by atoms with Gasteiger partial charge in [0.2, 0.25) is 17.3 Å². The van der Waals surface area contributed by atoms with Gasteiger partial charge in [-0.05, 0) is 12.5 Å². The van der Waals surface area contributed by atoms with Crippen molar-refractivity contribution in [3.63, 3.8) is 0 Å². The molecular formula is C10H10BrN3O2.